The van der Waals surface area contributed by atoms with Gasteiger partial charge in [0.1, 0.15) is 12.4 Å². The number of amidine groups is 1. The van der Waals surface area contributed by atoms with Crippen molar-refractivity contribution < 1.29 is 4.74 Å². The van der Waals surface area contributed by atoms with E-state index in [1.807, 2.05) is 42.5 Å². The zero-order valence-corrected chi connectivity index (χ0v) is 12.3. The molecule has 4 nitrogen and oxygen atoms in total. The lowest BCUT2D eigenvalue weighted by atomic mass is 10.2. The molecule has 2 aromatic carbocycles. The van der Waals surface area contributed by atoms with Gasteiger partial charge in [-0.25, -0.2) is 4.99 Å². The van der Waals surface area contributed by atoms with Crippen LogP contribution in [0.3, 0.4) is 0 Å². The third kappa shape index (κ3) is 3.06. The first-order valence-electron chi connectivity index (χ1n) is 6.56. The number of nitrogens with one attached hydrogen (secondary N) is 1. The highest BCUT2D eigenvalue weighted by atomic mass is 35.5. The van der Waals surface area contributed by atoms with Crippen molar-refractivity contribution in [3.05, 3.63) is 59.1 Å². The summed E-state index contributed by atoms with van der Waals surface area (Å²) in [4.78, 5) is 8.70. The van der Waals surface area contributed by atoms with Crippen LogP contribution in [0, 0.1) is 0 Å². The van der Waals surface area contributed by atoms with Crippen molar-refractivity contribution in [1.82, 2.24) is 0 Å². The highest BCUT2D eigenvalue weighted by Gasteiger charge is 2.15. The maximum Gasteiger partial charge on any atom is 0.222 e. The Kier molecular flexibility index (Phi) is 3.88. The van der Waals surface area contributed by atoms with Gasteiger partial charge in [0.05, 0.1) is 5.69 Å². The van der Waals surface area contributed by atoms with Gasteiger partial charge in [0.25, 0.3) is 0 Å². The van der Waals surface area contributed by atoms with Crippen LogP contribution < -0.4 is 10.1 Å². The second-order valence-corrected chi connectivity index (χ2v) is 4.96. The van der Waals surface area contributed by atoms with Crippen LogP contribution in [0.1, 0.15) is 5.56 Å². The average molecular weight is 300 g/mol. The monoisotopic (exact) mass is 299 g/mol. The van der Waals surface area contributed by atoms with Crippen molar-refractivity contribution in [3.8, 4) is 5.75 Å². The Morgan fingerprint density at radius 1 is 1.19 bits per heavy atom. The van der Waals surface area contributed by atoms with Crippen LogP contribution in [-0.2, 0) is 0 Å². The zero-order valence-electron chi connectivity index (χ0n) is 11.5. The van der Waals surface area contributed by atoms with Gasteiger partial charge in [-0.1, -0.05) is 29.8 Å². The number of fused-ring (bicyclic) bond motifs is 1. The molecule has 0 saturated heterocycles. The molecule has 0 amide bonds. The van der Waals surface area contributed by atoms with Crippen molar-refractivity contribution in [2.45, 2.75) is 0 Å². The Balaban J connectivity index is 2.06. The standard InChI is InChI=1S/C16H14ClN3O/c1-18-15-10-19-16(11-5-3-2-4-6-11)21-14-9-12(17)7-8-13(14)20-15/h2-9H,10H2,1H3,(H,18,20). The lowest BCUT2D eigenvalue weighted by Crippen LogP contribution is -2.23. The smallest absolute Gasteiger partial charge is 0.222 e. The van der Waals surface area contributed by atoms with Gasteiger partial charge in [0.2, 0.25) is 5.90 Å². The van der Waals surface area contributed by atoms with Crippen LogP contribution in [-0.4, -0.2) is 25.3 Å². The Morgan fingerprint density at radius 2 is 2.00 bits per heavy atom. The second-order valence-electron chi connectivity index (χ2n) is 4.53. The van der Waals surface area contributed by atoms with E-state index in [1.165, 1.54) is 0 Å². The van der Waals surface area contributed by atoms with E-state index in [9.17, 15) is 0 Å². The number of hydrogen-bond donors (Lipinski definition) is 1. The molecule has 106 valence electrons. The molecule has 0 aliphatic carbocycles. The summed E-state index contributed by atoms with van der Waals surface area (Å²) in [6.07, 6.45) is 0. The van der Waals surface area contributed by atoms with Gasteiger partial charge < -0.3 is 10.1 Å². The maximum atomic E-state index is 6.06. The third-order valence-corrected chi connectivity index (χ3v) is 3.33. The quantitative estimate of drug-likeness (QED) is 0.874. The first-order valence-corrected chi connectivity index (χ1v) is 6.94. The average Bonchev–Trinajstić information content (AvgIpc) is 2.50. The number of halogens is 1. The molecule has 0 bridgehead atoms. The lowest BCUT2D eigenvalue weighted by molar-refractivity contribution is 0.551. The second kappa shape index (κ2) is 5.97. The van der Waals surface area contributed by atoms with Crippen molar-refractivity contribution >= 4 is 29.0 Å². The lowest BCUT2D eigenvalue weighted by Gasteiger charge is -2.18. The fourth-order valence-corrected chi connectivity index (χ4v) is 2.18. The van der Waals surface area contributed by atoms with Gasteiger partial charge in [-0.2, -0.15) is 0 Å². The van der Waals surface area contributed by atoms with Gasteiger partial charge in [0, 0.05) is 23.7 Å². The number of rotatable bonds is 1. The highest BCUT2D eigenvalue weighted by molar-refractivity contribution is 6.31. The normalized spacial score (nSPS) is 16.1. The van der Waals surface area contributed by atoms with E-state index in [-0.39, 0.29) is 0 Å². The van der Waals surface area contributed by atoms with Gasteiger partial charge >= 0.3 is 0 Å². The van der Waals surface area contributed by atoms with Crippen molar-refractivity contribution in [2.24, 2.45) is 9.98 Å². The maximum absolute atomic E-state index is 6.06. The molecular weight excluding hydrogens is 286 g/mol. The van der Waals surface area contributed by atoms with E-state index < -0.39 is 0 Å². The van der Waals surface area contributed by atoms with E-state index in [4.69, 9.17) is 16.3 Å². The highest BCUT2D eigenvalue weighted by Crippen LogP contribution is 2.30. The Bertz CT molecular complexity index is 711. The van der Waals surface area contributed by atoms with E-state index >= 15 is 0 Å². The Morgan fingerprint density at radius 3 is 2.76 bits per heavy atom. The summed E-state index contributed by atoms with van der Waals surface area (Å²) in [5.74, 6) is 1.96. The molecule has 1 aliphatic heterocycles. The molecule has 21 heavy (non-hydrogen) atoms. The first kappa shape index (κ1) is 13.6. The SMILES string of the molecule is CN=C1CN=C(c2ccccc2)Oc2cc(Cl)ccc2N1. The molecular formula is C16H14ClN3O. The molecule has 0 atom stereocenters. The van der Waals surface area contributed by atoms with Gasteiger partial charge in [0.15, 0.2) is 5.75 Å². The van der Waals surface area contributed by atoms with Crippen LogP contribution in [0.25, 0.3) is 0 Å². The molecule has 3 rings (SSSR count). The minimum atomic E-state index is 0.433. The summed E-state index contributed by atoms with van der Waals surface area (Å²) in [6.45, 7) is 0.433. The number of aliphatic imine (C=N–C) groups is 2. The van der Waals surface area contributed by atoms with Gasteiger partial charge in [-0.3, -0.25) is 4.99 Å². The number of anilines is 1. The van der Waals surface area contributed by atoms with Crippen molar-refractivity contribution in [2.75, 3.05) is 18.9 Å². The Labute approximate surface area is 128 Å². The van der Waals surface area contributed by atoms with E-state index in [0.717, 1.165) is 17.1 Å². The Hall–Kier alpha value is -2.33. The van der Waals surface area contributed by atoms with Crippen LogP contribution in [0.2, 0.25) is 5.02 Å². The molecule has 0 saturated carbocycles. The fourth-order valence-electron chi connectivity index (χ4n) is 2.02. The molecule has 2 aromatic rings. The minimum absolute atomic E-state index is 0.433. The molecule has 1 N–H and O–H groups in total. The number of benzene rings is 2. The molecule has 0 unspecified atom stereocenters. The van der Waals surface area contributed by atoms with Crippen LogP contribution >= 0.6 is 11.6 Å². The first-order chi connectivity index (χ1) is 10.3. The number of hydrogen-bond acceptors (Lipinski definition) is 3. The molecule has 5 heteroatoms. The zero-order chi connectivity index (χ0) is 14.7. The molecule has 1 aliphatic rings. The number of ether oxygens (including phenoxy) is 1. The fraction of sp³-hybridized carbons (Fsp3) is 0.125. The van der Waals surface area contributed by atoms with Crippen molar-refractivity contribution in [1.29, 1.82) is 0 Å². The topological polar surface area (TPSA) is 46.0 Å². The van der Waals surface area contributed by atoms with E-state index in [1.54, 1.807) is 13.1 Å². The van der Waals surface area contributed by atoms with Crippen LogP contribution in [0.4, 0.5) is 5.69 Å². The summed E-state index contributed by atoms with van der Waals surface area (Å²) in [7, 11) is 1.73. The summed E-state index contributed by atoms with van der Waals surface area (Å²) >= 11 is 6.06. The molecule has 0 radical (unpaired) electrons. The van der Waals surface area contributed by atoms with E-state index in [0.29, 0.717) is 23.2 Å². The third-order valence-electron chi connectivity index (χ3n) is 3.09. The predicted octanol–water partition coefficient (Wildman–Crippen LogP) is 3.62. The summed E-state index contributed by atoms with van der Waals surface area (Å²) < 4.78 is 5.94. The summed E-state index contributed by atoms with van der Waals surface area (Å²) in [5.41, 5.74) is 1.74. The molecule has 0 fully saturated rings. The van der Waals surface area contributed by atoms with Gasteiger partial charge in [-0.05, 0) is 24.3 Å². The predicted molar refractivity (Wildman–Crippen MR) is 86.9 cm³/mol. The largest absolute Gasteiger partial charge is 0.437 e. The van der Waals surface area contributed by atoms with Crippen molar-refractivity contribution in [3.63, 3.8) is 0 Å². The summed E-state index contributed by atoms with van der Waals surface area (Å²) in [6, 6.07) is 15.2. The molecule has 0 aromatic heterocycles. The molecule has 0 spiro atoms. The summed E-state index contributed by atoms with van der Waals surface area (Å²) in [5, 5.41) is 3.82. The van der Waals surface area contributed by atoms with Crippen LogP contribution in [0.15, 0.2) is 58.5 Å². The molecule has 1 heterocycles. The van der Waals surface area contributed by atoms with Gasteiger partial charge in [-0.15, -0.1) is 0 Å². The van der Waals surface area contributed by atoms with Crippen LogP contribution in [0.5, 0.6) is 5.75 Å². The minimum Gasteiger partial charge on any atom is -0.437 e. The number of nitrogens with zero attached hydrogens (tertiary/aromatic N) is 2. The van der Waals surface area contributed by atoms with E-state index in [2.05, 4.69) is 15.3 Å².